The monoisotopic (exact) mass is 334 g/mol. The fourth-order valence-electron chi connectivity index (χ4n) is 2.49. The summed E-state index contributed by atoms with van der Waals surface area (Å²) in [7, 11) is 0. The lowest BCUT2D eigenvalue weighted by Gasteiger charge is -2.12. The van der Waals surface area contributed by atoms with Crippen molar-refractivity contribution in [2.24, 2.45) is 10.7 Å². The standard InChI is InChI=1S/C16H12ClFN2O3/c17-11-5-10-6-13(23-14(10)7-12(11)18)8-2-1-3-9(4-8)15(19)20-16(21)22/h1-5,7,13H,6H2,(H2,19,20)(H,21,22). The van der Waals surface area contributed by atoms with Gasteiger partial charge in [-0.15, -0.1) is 0 Å². The first-order valence-electron chi connectivity index (χ1n) is 6.76. The Morgan fingerprint density at radius 3 is 2.91 bits per heavy atom. The van der Waals surface area contributed by atoms with Gasteiger partial charge < -0.3 is 15.6 Å². The Bertz CT molecular complexity index is 792. The highest BCUT2D eigenvalue weighted by Crippen LogP contribution is 2.39. The van der Waals surface area contributed by atoms with Crippen molar-refractivity contribution in [2.75, 3.05) is 0 Å². The molecule has 3 N–H and O–H groups in total. The number of amides is 1. The molecule has 23 heavy (non-hydrogen) atoms. The Hall–Kier alpha value is -2.60. The fraction of sp³-hybridized carbons (Fsp3) is 0.125. The van der Waals surface area contributed by atoms with E-state index in [2.05, 4.69) is 4.99 Å². The van der Waals surface area contributed by atoms with Crippen LogP contribution in [0.2, 0.25) is 5.02 Å². The zero-order valence-electron chi connectivity index (χ0n) is 11.8. The molecule has 1 unspecified atom stereocenters. The van der Waals surface area contributed by atoms with Crippen molar-refractivity contribution >= 4 is 23.5 Å². The van der Waals surface area contributed by atoms with Crippen LogP contribution in [0.25, 0.3) is 0 Å². The first-order valence-corrected chi connectivity index (χ1v) is 7.14. The van der Waals surface area contributed by atoms with Gasteiger partial charge in [-0.05, 0) is 23.3 Å². The van der Waals surface area contributed by atoms with Crippen molar-refractivity contribution in [1.82, 2.24) is 0 Å². The minimum Gasteiger partial charge on any atom is -0.485 e. The van der Waals surface area contributed by atoms with E-state index in [9.17, 15) is 9.18 Å². The number of benzene rings is 2. The molecule has 0 spiro atoms. The Kier molecular flexibility index (Phi) is 3.92. The summed E-state index contributed by atoms with van der Waals surface area (Å²) in [5.74, 6) is -0.170. The van der Waals surface area contributed by atoms with Gasteiger partial charge in [-0.25, -0.2) is 9.18 Å². The molecule has 0 saturated carbocycles. The number of hydrogen-bond donors (Lipinski definition) is 2. The highest BCUT2D eigenvalue weighted by molar-refractivity contribution is 6.30. The lowest BCUT2D eigenvalue weighted by atomic mass is 10.0. The number of hydrogen-bond acceptors (Lipinski definition) is 2. The van der Waals surface area contributed by atoms with E-state index in [1.54, 1.807) is 24.3 Å². The number of halogens is 2. The summed E-state index contributed by atoms with van der Waals surface area (Å²) < 4.78 is 19.2. The Morgan fingerprint density at radius 1 is 1.39 bits per heavy atom. The lowest BCUT2D eigenvalue weighted by molar-refractivity contribution is 0.205. The van der Waals surface area contributed by atoms with Crippen molar-refractivity contribution in [3.8, 4) is 5.75 Å². The normalized spacial score (nSPS) is 16.8. The number of rotatable bonds is 2. The van der Waals surface area contributed by atoms with Crippen molar-refractivity contribution in [3.63, 3.8) is 0 Å². The van der Waals surface area contributed by atoms with Gasteiger partial charge in [0.25, 0.3) is 0 Å². The molecule has 1 aliphatic heterocycles. The fourth-order valence-corrected chi connectivity index (χ4v) is 2.67. The molecule has 0 radical (unpaired) electrons. The summed E-state index contributed by atoms with van der Waals surface area (Å²) in [4.78, 5) is 13.9. The van der Waals surface area contributed by atoms with Crippen LogP contribution in [0.15, 0.2) is 41.4 Å². The predicted octanol–water partition coefficient (Wildman–Crippen LogP) is 3.54. The van der Waals surface area contributed by atoms with Gasteiger partial charge in [-0.1, -0.05) is 29.8 Å². The van der Waals surface area contributed by atoms with Gasteiger partial charge in [-0.3, -0.25) is 0 Å². The van der Waals surface area contributed by atoms with E-state index in [0.717, 1.165) is 11.1 Å². The summed E-state index contributed by atoms with van der Waals surface area (Å²) in [5.41, 5.74) is 7.74. The van der Waals surface area contributed by atoms with Crippen LogP contribution in [0.5, 0.6) is 5.75 Å². The van der Waals surface area contributed by atoms with Crippen LogP contribution in [0.3, 0.4) is 0 Å². The molecule has 0 bridgehead atoms. The third-order valence-corrected chi connectivity index (χ3v) is 3.84. The molecule has 2 aromatic rings. The van der Waals surface area contributed by atoms with E-state index in [0.29, 0.717) is 17.7 Å². The average molecular weight is 335 g/mol. The second-order valence-electron chi connectivity index (χ2n) is 5.09. The van der Waals surface area contributed by atoms with Crippen molar-refractivity contribution in [2.45, 2.75) is 12.5 Å². The number of ether oxygens (including phenoxy) is 1. The molecule has 7 heteroatoms. The zero-order valence-corrected chi connectivity index (χ0v) is 12.5. The highest BCUT2D eigenvalue weighted by Gasteiger charge is 2.26. The molecule has 0 fully saturated rings. The Labute approximate surface area is 136 Å². The molecule has 1 atom stereocenters. The van der Waals surface area contributed by atoms with E-state index in [-0.39, 0.29) is 17.0 Å². The summed E-state index contributed by atoms with van der Waals surface area (Å²) in [6, 6.07) is 9.74. The maximum atomic E-state index is 13.5. The molecular weight excluding hydrogens is 323 g/mol. The number of carbonyl (C=O) groups is 1. The number of fused-ring (bicyclic) bond motifs is 1. The number of nitrogens with two attached hydrogens (primary N) is 1. The molecule has 5 nitrogen and oxygen atoms in total. The van der Waals surface area contributed by atoms with Gasteiger partial charge in [0, 0.05) is 18.1 Å². The average Bonchev–Trinajstić information content (AvgIpc) is 2.90. The lowest BCUT2D eigenvalue weighted by Crippen LogP contribution is -2.16. The van der Waals surface area contributed by atoms with Crippen LogP contribution in [0, 0.1) is 5.82 Å². The van der Waals surface area contributed by atoms with Crippen LogP contribution in [-0.4, -0.2) is 17.0 Å². The van der Waals surface area contributed by atoms with Crippen LogP contribution in [0.1, 0.15) is 22.8 Å². The first-order chi connectivity index (χ1) is 10.9. The number of nitrogens with zero attached hydrogens (tertiary/aromatic N) is 1. The van der Waals surface area contributed by atoms with Gasteiger partial charge in [0.05, 0.1) is 5.02 Å². The van der Waals surface area contributed by atoms with E-state index >= 15 is 0 Å². The number of aliphatic imine (C=N–C) groups is 1. The van der Waals surface area contributed by atoms with Crippen LogP contribution in [0.4, 0.5) is 9.18 Å². The van der Waals surface area contributed by atoms with Crippen LogP contribution < -0.4 is 10.5 Å². The molecule has 118 valence electrons. The molecule has 0 aromatic heterocycles. The summed E-state index contributed by atoms with van der Waals surface area (Å²) in [5, 5.41) is 8.71. The minimum atomic E-state index is -1.36. The molecule has 1 aliphatic rings. The SMILES string of the molecule is N/C(=N\C(=O)O)c1cccc(C2Cc3cc(Cl)c(F)cc3O2)c1. The van der Waals surface area contributed by atoms with Crippen molar-refractivity contribution in [3.05, 3.63) is 63.9 Å². The van der Waals surface area contributed by atoms with E-state index < -0.39 is 11.9 Å². The van der Waals surface area contributed by atoms with Gasteiger partial charge >= 0.3 is 6.09 Å². The molecular formula is C16H12ClFN2O3. The van der Waals surface area contributed by atoms with Gasteiger partial charge in [0.2, 0.25) is 0 Å². The quantitative estimate of drug-likeness (QED) is 0.650. The molecule has 3 rings (SSSR count). The molecule has 2 aromatic carbocycles. The maximum absolute atomic E-state index is 13.5. The Balaban J connectivity index is 1.88. The number of carboxylic acid groups (broad SMARTS) is 1. The Morgan fingerprint density at radius 2 is 2.17 bits per heavy atom. The largest absolute Gasteiger partial charge is 0.485 e. The minimum absolute atomic E-state index is 0.0552. The van der Waals surface area contributed by atoms with Gasteiger partial charge in [0.1, 0.15) is 23.5 Å². The van der Waals surface area contributed by atoms with E-state index in [1.807, 2.05) is 6.07 Å². The predicted molar refractivity (Wildman–Crippen MR) is 83.7 cm³/mol. The van der Waals surface area contributed by atoms with E-state index in [4.69, 9.17) is 27.2 Å². The van der Waals surface area contributed by atoms with Crippen LogP contribution >= 0.6 is 11.6 Å². The van der Waals surface area contributed by atoms with Crippen LogP contribution in [-0.2, 0) is 6.42 Å². The molecule has 1 heterocycles. The highest BCUT2D eigenvalue weighted by atomic mass is 35.5. The van der Waals surface area contributed by atoms with Crippen molar-refractivity contribution in [1.29, 1.82) is 0 Å². The second kappa shape index (κ2) is 5.89. The molecule has 1 amide bonds. The number of amidine groups is 1. The zero-order chi connectivity index (χ0) is 16.6. The van der Waals surface area contributed by atoms with Gasteiger partial charge in [-0.2, -0.15) is 4.99 Å². The van der Waals surface area contributed by atoms with Gasteiger partial charge in [0.15, 0.2) is 0 Å². The third-order valence-electron chi connectivity index (χ3n) is 3.55. The van der Waals surface area contributed by atoms with Crippen molar-refractivity contribution < 1.29 is 19.0 Å². The molecule has 0 saturated heterocycles. The summed E-state index contributed by atoms with van der Waals surface area (Å²) in [6.07, 6.45) is -1.14. The summed E-state index contributed by atoms with van der Waals surface area (Å²) >= 11 is 5.78. The topological polar surface area (TPSA) is 84.9 Å². The molecule has 0 aliphatic carbocycles. The third kappa shape index (κ3) is 3.12. The van der Waals surface area contributed by atoms with E-state index in [1.165, 1.54) is 6.07 Å². The maximum Gasteiger partial charge on any atom is 0.433 e. The summed E-state index contributed by atoms with van der Waals surface area (Å²) in [6.45, 7) is 0. The second-order valence-corrected chi connectivity index (χ2v) is 5.50. The smallest absolute Gasteiger partial charge is 0.433 e. The first kappa shape index (κ1) is 15.3.